The van der Waals surface area contributed by atoms with Crippen molar-refractivity contribution in [2.45, 2.75) is 24.3 Å². The Morgan fingerprint density at radius 1 is 1.17 bits per heavy atom. The largest absolute Gasteiger partial charge is 0.361 e. The molecule has 124 valence electrons. The lowest BCUT2D eigenvalue weighted by Crippen LogP contribution is -2.43. The van der Waals surface area contributed by atoms with Crippen molar-refractivity contribution in [1.82, 2.24) is 4.72 Å². The second kappa shape index (κ2) is 7.79. The van der Waals surface area contributed by atoms with Gasteiger partial charge in [-0.15, -0.1) is 0 Å². The summed E-state index contributed by atoms with van der Waals surface area (Å²) in [5.41, 5.74) is 10.3. The molecular weight excluding hydrogens is 326 g/mol. The molecule has 1 N–H and O–H groups in total. The number of hydrogen-bond donors (Lipinski definition) is 1. The molecule has 1 atom stereocenters. The summed E-state index contributed by atoms with van der Waals surface area (Å²) in [5, 5.41) is 0. The van der Waals surface area contributed by atoms with Gasteiger partial charge in [0.05, 0.1) is 10.9 Å². The average Bonchev–Trinajstić information content (AvgIpc) is 2.55. The van der Waals surface area contributed by atoms with Gasteiger partial charge in [0, 0.05) is 0 Å². The summed E-state index contributed by atoms with van der Waals surface area (Å²) in [5.74, 6) is -0.628. The van der Waals surface area contributed by atoms with Crippen molar-refractivity contribution in [1.29, 1.82) is 0 Å². The molecule has 0 heterocycles. The Hall–Kier alpha value is -2.60. The molecule has 24 heavy (non-hydrogen) atoms. The van der Waals surface area contributed by atoms with Crippen LogP contribution in [0.2, 0.25) is 0 Å². The van der Waals surface area contributed by atoms with Crippen LogP contribution in [0.5, 0.6) is 0 Å². The fraction of sp³-hybridized carbons (Fsp3) is 0.176. The summed E-state index contributed by atoms with van der Waals surface area (Å²) in [7, 11) is -3.87. The zero-order chi connectivity index (χ0) is 17.6. The van der Waals surface area contributed by atoms with E-state index in [2.05, 4.69) is 9.51 Å². The Morgan fingerprint density at radius 3 is 2.38 bits per heavy atom. The predicted molar refractivity (Wildman–Crippen MR) is 90.1 cm³/mol. The van der Waals surface area contributed by atoms with Gasteiger partial charge in [-0.3, -0.25) is 4.79 Å². The molecule has 0 aliphatic heterocycles. The maximum absolute atomic E-state index is 12.5. The molecular formula is C17H17N3O3S. The molecule has 6 nitrogen and oxygen atoms in total. The van der Waals surface area contributed by atoms with Crippen LogP contribution < -0.4 is 4.72 Å². The smallest absolute Gasteiger partial charge is 0.324 e. The van der Waals surface area contributed by atoms with Gasteiger partial charge in [-0.1, -0.05) is 48.0 Å². The van der Waals surface area contributed by atoms with Crippen LogP contribution in [-0.4, -0.2) is 31.2 Å². The number of nitrogens with zero attached hydrogens (tertiary/aromatic N) is 2. The lowest BCUT2D eigenvalue weighted by Gasteiger charge is -2.15. The number of ketones is 1. The first-order valence-electron chi connectivity index (χ1n) is 7.26. The van der Waals surface area contributed by atoms with E-state index in [0.717, 1.165) is 11.1 Å². The number of sulfonamides is 1. The summed E-state index contributed by atoms with van der Waals surface area (Å²) in [6, 6.07) is 14.2. The Bertz CT molecular complexity index is 856. The first kappa shape index (κ1) is 17.7. The number of nitrogens with one attached hydrogen (secondary N) is 1. The van der Waals surface area contributed by atoms with E-state index < -0.39 is 21.8 Å². The number of hydrogen-bond acceptors (Lipinski definition) is 3. The van der Waals surface area contributed by atoms with Gasteiger partial charge in [-0.05, 0) is 31.0 Å². The number of carbonyl (C=O) groups is 1. The lowest BCUT2D eigenvalue weighted by atomic mass is 10.0. The highest BCUT2D eigenvalue weighted by atomic mass is 32.2. The average molecular weight is 343 g/mol. The standard InChI is InChI=1S/C17H17N3O3S/c1-13-7-9-15(10-8-13)24(22,23)20-16(17(21)12-19-18)11-14-5-3-2-4-6-14/h2-10,12,16,20H,11H2,1H3. The fourth-order valence-corrected chi connectivity index (χ4v) is 3.37. The summed E-state index contributed by atoms with van der Waals surface area (Å²) in [6.45, 7) is 1.85. The van der Waals surface area contributed by atoms with Crippen LogP contribution in [0.25, 0.3) is 5.53 Å². The molecule has 2 aromatic rings. The van der Waals surface area contributed by atoms with Crippen LogP contribution >= 0.6 is 0 Å². The minimum Gasteiger partial charge on any atom is -0.361 e. The van der Waals surface area contributed by atoms with Crippen molar-refractivity contribution in [3.63, 3.8) is 0 Å². The summed E-state index contributed by atoms with van der Waals surface area (Å²) in [6.07, 6.45) is 0.849. The van der Waals surface area contributed by atoms with Crippen LogP contribution in [0.1, 0.15) is 11.1 Å². The quantitative estimate of drug-likeness (QED) is 0.471. The maximum atomic E-state index is 12.5. The molecule has 1 unspecified atom stereocenters. The van der Waals surface area contributed by atoms with E-state index in [9.17, 15) is 13.2 Å². The highest BCUT2D eigenvalue weighted by Crippen LogP contribution is 2.12. The second-order valence-electron chi connectivity index (χ2n) is 5.32. The predicted octanol–water partition coefficient (Wildman–Crippen LogP) is 1.75. The number of benzene rings is 2. The summed E-state index contributed by atoms with van der Waals surface area (Å²) >= 11 is 0. The van der Waals surface area contributed by atoms with E-state index >= 15 is 0 Å². The maximum Gasteiger partial charge on any atom is 0.324 e. The van der Waals surface area contributed by atoms with Crippen LogP contribution in [0.4, 0.5) is 0 Å². The highest BCUT2D eigenvalue weighted by molar-refractivity contribution is 7.89. The first-order valence-corrected chi connectivity index (χ1v) is 8.75. The van der Waals surface area contributed by atoms with Crippen molar-refractivity contribution in [2.24, 2.45) is 0 Å². The zero-order valence-electron chi connectivity index (χ0n) is 13.1. The SMILES string of the molecule is Cc1ccc(S(=O)(=O)NC(Cc2ccccc2)C(=O)C=[N+]=[N-])cc1. The Morgan fingerprint density at radius 2 is 1.79 bits per heavy atom. The van der Waals surface area contributed by atoms with E-state index in [1.165, 1.54) is 12.1 Å². The number of rotatable bonds is 7. The Balaban J connectivity index is 2.28. The molecule has 0 saturated carbocycles. The van der Waals surface area contributed by atoms with E-state index in [4.69, 9.17) is 5.53 Å². The van der Waals surface area contributed by atoms with E-state index in [0.29, 0.717) is 6.21 Å². The highest BCUT2D eigenvalue weighted by Gasteiger charge is 2.27. The minimum absolute atomic E-state index is 0.0694. The first-order chi connectivity index (χ1) is 11.4. The monoisotopic (exact) mass is 343 g/mol. The van der Waals surface area contributed by atoms with E-state index in [1.54, 1.807) is 36.4 Å². The summed E-state index contributed by atoms with van der Waals surface area (Å²) < 4.78 is 27.3. The molecule has 7 heteroatoms. The number of Topliss-reactive ketones (excluding diaryl/α,β-unsaturated/α-hetero) is 1. The van der Waals surface area contributed by atoms with Gasteiger partial charge < -0.3 is 5.53 Å². The van der Waals surface area contributed by atoms with Crippen molar-refractivity contribution in [2.75, 3.05) is 0 Å². The van der Waals surface area contributed by atoms with Crippen LogP contribution in [0.15, 0.2) is 59.5 Å². The fourth-order valence-electron chi connectivity index (χ4n) is 2.17. The van der Waals surface area contributed by atoms with Gasteiger partial charge in [0.2, 0.25) is 10.0 Å². The van der Waals surface area contributed by atoms with Crippen LogP contribution in [-0.2, 0) is 21.2 Å². The van der Waals surface area contributed by atoms with Gasteiger partial charge >= 0.3 is 6.21 Å². The molecule has 0 fully saturated rings. The van der Waals surface area contributed by atoms with Crippen LogP contribution in [0, 0.1) is 6.92 Å². The van der Waals surface area contributed by atoms with E-state index in [-0.39, 0.29) is 11.3 Å². The number of carbonyl (C=O) groups excluding carboxylic acids is 1. The topological polar surface area (TPSA) is 99.6 Å². The third kappa shape index (κ3) is 4.70. The molecule has 0 radical (unpaired) electrons. The van der Waals surface area contributed by atoms with Crippen molar-refractivity contribution < 1.29 is 18.0 Å². The van der Waals surface area contributed by atoms with Crippen LogP contribution in [0.3, 0.4) is 0 Å². The molecule has 0 spiro atoms. The minimum atomic E-state index is -3.87. The molecule has 0 amide bonds. The summed E-state index contributed by atoms with van der Waals surface area (Å²) in [4.78, 5) is 14.8. The molecule has 0 saturated heterocycles. The third-order valence-electron chi connectivity index (χ3n) is 3.44. The van der Waals surface area contributed by atoms with Crippen molar-refractivity contribution in [3.8, 4) is 0 Å². The Kier molecular flexibility index (Phi) is 5.76. The van der Waals surface area contributed by atoms with Gasteiger partial charge in [0.25, 0.3) is 5.78 Å². The van der Waals surface area contributed by atoms with Crippen molar-refractivity contribution >= 4 is 22.0 Å². The molecule has 0 aromatic heterocycles. The second-order valence-corrected chi connectivity index (χ2v) is 7.04. The van der Waals surface area contributed by atoms with Crippen molar-refractivity contribution in [3.05, 3.63) is 71.3 Å². The zero-order valence-corrected chi connectivity index (χ0v) is 13.9. The molecule has 2 rings (SSSR count). The molecule has 0 aliphatic carbocycles. The van der Waals surface area contributed by atoms with Gasteiger partial charge in [-0.2, -0.15) is 9.51 Å². The number of aryl methyl sites for hydroxylation is 1. The van der Waals surface area contributed by atoms with E-state index in [1.807, 2.05) is 13.0 Å². The van der Waals surface area contributed by atoms with Gasteiger partial charge in [-0.25, -0.2) is 8.42 Å². The third-order valence-corrected chi connectivity index (χ3v) is 4.93. The normalized spacial score (nSPS) is 12.2. The molecule has 0 aliphatic rings. The van der Waals surface area contributed by atoms with Gasteiger partial charge in [0.1, 0.15) is 0 Å². The Labute approximate surface area is 140 Å². The van der Waals surface area contributed by atoms with Gasteiger partial charge in [0.15, 0.2) is 0 Å². The molecule has 2 aromatic carbocycles. The molecule has 0 bridgehead atoms. The lowest BCUT2D eigenvalue weighted by molar-refractivity contribution is -0.117.